The van der Waals surface area contributed by atoms with Crippen LogP contribution < -0.4 is 5.32 Å². The van der Waals surface area contributed by atoms with Crippen molar-refractivity contribution in [3.05, 3.63) is 41.7 Å². The predicted octanol–water partition coefficient (Wildman–Crippen LogP) is 2.32. The van der Waals surface area contributed by atoms with Crippen LogP contribution >= 0.6 is 0 Å². The lowest BCUT2D eigenvalue weighted by atomic mass is 10.2. The molecule has 1 aromatic heterocycles. The normalized spacial score (nSPS) is 10.2. The van der Waals surface area contributed by atoms with Crippen LogP contribution in [0.25, 0.3) is 5.69 Å². The minimum absolute atomic E-state index is 0.142. The first-order chi connectivity index (χ1) is 10.0. The third-order valence-electron chi connectivity index (χ3n) is 2.92. The SMILES string of the molecule is CCOC(=O)c1cnn(-c2cccc(NC(C)=O)c2)c1C. The fourth-order valence-corrected chi connectivity index (χ4v) is 2.00. The van der Waals surface area contributed by atoms with Crippen LogP contribution in [0.15, 0.2) is 30.5 Å². The number of anilines is 1. The highest BCUT2D eigenvalue weighted by atomic mass is 16.5. The fraction of sp³-hybridized carbons (Fsp3) is 0.267. The molecule has 0 saturated heterocycles. The second-order valence-corrected chi connectivity index (χ2v) is 4.51. The van der Waals surface area contributed by atoms with Gasteiger partial charge in [-0.05, 0) is 32.0 Å². The molecule has 0 aliphatic carbocycles. The van der Waals surface area contributed by atoms with Crippen LogP contribution in [0.1, 0.15) is 29.9 Å². The number of carbonyl (C=O) groups excluding carboxylic acids is 2. The van der Waals surface area contributed by atoms with Crippen molar-refractivity contribution in [2.45, 2.75) is 20.8 Å². The Morgan fingerprint density at radius 3 is 2.81 bits per heavy atom. The molecule has 110 valence electrons. The Morgan fingerprint density at radius 1 is 1.38 bits per heavy atom. The topological polar surface area (TPSA) is 73.2 Å². The van der Waals surface area contributed by atoms with E-state index in [9.17, 15) is 9.59 Å². The van der Waals surface area contributed by atoms with E-state index in [1.54, 1.807) is 30.7 Å². The van der Waals surface area contributed by atoms with Crippen LogP contribution in [0.5, 0.6) is 0 Å². The number of hydrogen-bond acceptors (Lipinski definition) is 4. The summed E-state index contributed by atoms with van der Waals surface area (Å²) in [7, 11) is 0. The van der Waals surface area contributed by atoms with E-state index in [-0.39, 0.29) is 11.9 Å². The van der Waals surface area contributed by atoms with Gasteiger partial charge < -0.3 is 10.1 Å². The van der Waals surface area contributed by atoms with Crippen LogP contribution in [-0.4, -0.2) is 28.3 Å². The number of nitrogens with one attached hydrogen (secondary N) is 1. The zero-order valence-electron chi connectivity index (χ0n) is 12.2. The molecule has 0 saturated carbocycles. The van der Waals surface area contributed by atoms with Gasteiger partial charge in [-0.1, -0.05) is 6.07 Å². The van der Waals surface area contributed by atoms with Crippen molar-refractivity contribution in [2.75, 3.05) is 11.9 Å². The fourth-order valence-electron chi connectivity index (χ4n) is 2.00. The van der Waals surface area contributed by atoms with Gasteiger partial charge >= 0.3 is 5.97 Å². The average molecular weight is 287 g/mol. The molecule has 0 aliphatic rings. The highest BCUT2D eigenvalue weighted by molar-refractivity contribution is 5.90. The Morgan fingerprint density at radius 2 is 2.14 bits per heavy atom. The highest BCUT2D eigenvalue weighted by Gasteiger charge is 2.16. The lowest BCUT2D eigenvalue weighted by Gasteiger charge is -2.08. The predicted molar refractivity (Wildman–Crippen MR) is 78.6 cm³/mol. The Bertz CT molecular complexity index is 677. The Kier molecular flexibility index (Phi) is 4.37. The molecule has 1 amide bonds. The van der Waals surface area contributed by atoms with Gasteiger partial charge in [0, 0.05) is 12.6 Å². The first-order valence-electron chi connectivity index (χ1n) is 6.62. The van der Waals surface area contributed by atoms with E-state index in [1.807, 2.05) is 12.1 Å². The number of benzene rings is 1. The number of nitrogens with zero attached hydrogens (tertiary/aromatic N) is 2. The molecule has 0 radical (unpaired) electrons. The molecule has 6 nitrogen and oxygen atoms in total. The monoisotopic (exact) mass is 287 g/mol. The lowest BCUT2D eigenvalue weighted by molar-refractivity contribution is -0.114. The van der Waals surface area contributed by atoms with Crippen molar-refractivity contribution in [2.24, 2.45) is 0 Å². The van der Waals surface area contributed by atoms with E-state index in [0.717, 1.165) is 5.69 Å². The van der Waals surface area contributed by atoms with Gasteiger partial charge in [0.2, 0.25) is 5.91 Å². The van der Waals surface area contributed by atoms with Crippen molar-refractivity contribution in [1.29, 1.82) is 0 Å². The number of esters is 1. The van der Waals surface area contributed by atoms with Crippen LogP contribution in [-0.2, 0) is 9.53 Å². The summed E-state index contributed by atoms with van der Waals surface area (Å²) in [6.45, 7) is 5.32. The average Bonchev–Trinajstić information content (AvgIpc) is 2.80. The number of hydrogen-bond donors (Lipinski definition) is 1. The van der Waals surface area contributed by atoms with Crippen LogP contribution in [0.3, 0.4) is 0 Å². The Hall–Kier alpha value is -2.63. The minimum Gasteiger partial charge on any atom is -0.462 e. The maximum atomic E-state index is 11.8. The number of rotatable bonds is 4. The molecule has 21 heavy (non-hydrogen) atoms. The highest BCUT2D eigenvalue weighted by Crippen LogP contribution is 2.18. The molecular formula is C15H17N3O3. The third-order valence-corrected chi connectivity index (χ3v) is 2.92. The molecule has 0 spiro atoms. The molecule has 1 N–H and O–H groups in total. The van der Waals surface area contributed by atoms with E-state index < -0.39 is 0 Å². The Labute approximate surface area is 122 Å². The molecule has 0 fully saturated rings. The summed E-state index contributed by atoms with van der Waals surface area (Å²) in [4.78, 5) is 22.9. The van der Waals surface area contributed by atoms with E-state index in [4.69, 9.17) is 4.74 Å². The second-order valence-electron chi connectivity index (χ2n) is 4.51. The van der Waals surface area contributed by atoms with Gasteiger partial charge in [-0.3, -0.25) is 4.79 Å². The van der Waals surface area contributed by atoms with Gasteiger partial charge in [-0.25, -0.2) is 9.48 Å². The summed E-state index contributed by atoms with van der Waals surface area (Å²) < 4.78 is 6.62. The van der Waals surface area contributed by atoms with Crippen LogP contribution in [0, 0.1) is 6.92 Å². The van der Waals surface area contributed by atoms with E-state index >= 15 is 0 Å². The number of carbonyl (C=O) groups is 2. The van der Waals surface area contributed by atoms with Crippen molar-refractivity contribution in [1.82, 2.24) is 9.78 Å². The number of aromatic nitrogens is 2. The maximum Gasteiger partial charge on any atom is 0.341 e. The zero-order chi connectivity index (χ0) is 15.4. The molecule has 1 heterocycles. The molecule has 0 aliphatic heterocycles. The van der Waals surface area contributed by atoms with E-state index in [0.29, 0.717) is 23.6 Å². The molecule has 2 rings (SSSR count). The van der Waals surface area contributed by atoms with Gasteiger partial charge in [-0.15, -0.1) is 0 Å². The van der Waals surface area contributed by atoms with Crippen LogP contribution in [0.2, 0.25) is 0 Å². The summed E-state index contributed by atoms with van der Waals surface area (Å²) in [6.07, 6.45) is 1.48. The van der Waals surface area contributed by atoms with Gasteiger partial charge in [0.05, 0.1) is 24.2 Å². The van der Waals surface area contributed by atoms with Gasteiger partial charge in [-0.2, -0.15) is 5.10 Å². The molecule has 0 unspecified atom stereocenters. The number of amides is 1. The first-order valence-corrected chi connectivity index (χ1v) is 6.62. The summed E-state index contributed by atoms with van der Waals surface area (Å²) in [5.41, 5.74) is 2.55. The van der Waals surface area contributed by atoms with Crippen LogP contribution in [0.4, 0.5) is 5.69 Å². The summed E-state index contributed by atoms with van der Waals surface area (Å²) in [5, 5.41) is 6.93. The molecule has 2 aromatic rings. The molecule has 6 heteroatoms. The van der Waals surface area contributed by atoms with Crippen molar-refractivity contribution >= 4 is 17.6 Å². The Balaban J connectivity index is 2.34. The lowest BCUT2D eigenvalue weighted by Crippen LogP contribution is -2.08. The van der Waals surface area contributed by atoms with E-state index in [1.165, 1.54) is 13.1 Å². The van der Waals surface area contributed by atoms with Crippen molar-refractivity contribution < 1.29 is 14.3 Å². The quantitative estimate of drug-likeness (QED) is 0.876. The van der Waals surface area contributed by atoms with Gasteiger partial charge in [0.15, 0.2) is 0 Å². The molecule has 0 atom stereocenters. The summed E-state index contributed by atoms with van der Waals surface area (Å²) in [6, 6.07) is 7.23. The second kappa shape index (κ2) is 6.21. The standard InChI is InChI=1S/C15H17N3O3/c1-4-21-15(20)14-9-16-18(10(14)2)13-7-5-6-12(8-13)17-11(3)19/h5-9H,4H2,1-3H3,(H,17,19). The van der Waals surface area contributed by atoms with Gasteiger partial charge in [0.1, 0.15) is 5.56 Å². The summed E-state index contributed by atoms with van der Waals surface area (Å²) in [5.74, 6) is -0.532. The maximum absolute atomic E-state index is 11.8. The molecular weight excluding hydrogens is 270 g/mol. The zero-order valence-corrected chi connectivity index (χ0v) is 12.2. The third kappa shape index (κ3) is 3.28. The van der Waals surface area contributed by atoms with Crippen molar-refractivity contribution in [3.8, 4) is 5.69 Å². The number of ether oxygens (including phenoxy) is 1. The smallest absolute Gasteiger partial charge is 0.341 e. The summed E-state index contributed by atoms with van der Waals surface area (Å²) >= 11 is 0. The molecule has 0 bridgehead atoms. The largest absolute Gasteiger partial charge is 0.462 e. The van der Waals surface area contributed by atoms with Gasteiger partial charge in [0.25, 0.3) is 0 Å². The van der Waals surface area contributed by atoms with Crippen molar-refractivity contribution in [3.63, 3.8) is 0 Å². The minimum atomic E-state index is -0.390. The molecule has 1 aromatic carbocycles. The van der Waals surface area contributed by atoms with E-state index in [2.05, 4.69) is 10.4 Å². The first kappa shape index (κ1) is 14.8.